The van der Waals surface area contributed by atoms with Crippen molar-refractivity contribution in [2.75, 3.05) is 26.7 Å². The lowest BCUT2D eigenvalue weighted by Gasteiger charge is -2.54. The van der Waals surface area contributed by atoms with E-state index in [9.17, 15) is 9.59 Å². The zero-order valence-corrected chi connectivity index (χ0v) is 13.6. The highest BCUT2D eigenvalue weighted by atomic mass is 16.5. The lowest BCUT2D eigenvalue weighted by Crippen LogP contribution is -2.65. The molecule has 1 amide bonds. The first-order chi connectivity index (χ1) is 11.6. The van der Waals surface area contributed by atoms with Crippen molar-refractivity contribution in [3.63, 3.8) is 0 Å². The van der Waals surface area contributed by atoms with Crippen molar-refractivity contribution in [1.82, 2.24) is 10.6 Å². The molecule has 126 valence electrons. The van der Waals surface area contributed by atoms with Crippen molar-refractivity contribution in [3.05, 3.63) is 34.9 Å². The first-order valence-corrected chi connectivity index (χ1v) is 8.00. The third kappa shape index (κ3) is 3.14. The number of carbonyl (C=O) groups excluding carboxylic acids is 2. The van der Waals surface area contributed by atoms with Crippen molar-refractivity contribution < 1.29 is 14.3 Å². The van der Waals surface area contributed by atoms with Gasteiger partial charge in [-0.1, -0.05) is 11.8 Å². The highest BCUT2D eigenvalue weighted by Gasteiger charge is 2.48. The van der Waals surface area contributed by atoms with Crippen molar-refractivity contribution in [3.8, 4) is 11.8 Å². The van der Waals surface area contributed by atoms with E-state index < -0.39 is 5.97 Å². The van der Waals surface area contributed by atoms with Crippen LogP contribution in [0.2, 0.25) is 0 Å². The molecule has 0 aromatic heterocycles. The van der Waals surface area contributed by atoms with E-state index in [1.807, 2.05) is 0 Å². The molecule has 6 nitrogen and oxygen atoms in total. The lowest BCUT2D eigenvalue weighted by molar-refractivity contribution is 0.0232. The van der Waals surface area contributed by atoms with Crippen LogP contribution in [0, 0.1) is 17.3 Å². The molecule has 1 heterocycles. The fourth-order valence-electron chi connectivity index (χ4n) is 3.35. The summed E-state index contributed by atoms with van der Waals surface area (Å²) in [6.07, 6.45) is 2.04. The van der Waals surface area contributed by atoms with Crippen LogP contribution in [0.1, 0.15) is 39.1 Å². The van der Waals surface area contributed by atoms with Gasteiger partial charge in [-0.2, -0.15) is 0 Å². The summed E-state index contributed by atoms with van der Waals surface area (Å²) in [6.45, 7) is 2.27. The van der Waals surface area contributed by atoms with Crippen molar-refractivity contribution in [2.45, 2.75) is 18.9 Å². The number of benzene rings is 1. The Morgan fingerprint density at radius 3 is 2.75 bits per heavy atom. The molecule has 3 rings (SSSR count). The van der Waals surface area contributed by atoms with E-state index in [2.05, 4.69) is 22.5 Å². The van der Waals surface area contributed by atoms with Crippen LogP contribution < -0.4 is 16.4 Å². The van der Waals surface area contributed by atoms with Crippen LogP contribution >= 0.6 is 0 Å². The number of nitrogens with one attached hydrogen (secondary N) is 2. The molecular weight excluding hydrogens is 306 g/mol. The highest BCUT2D eigenvalue weighted by Crippen LogP contribution is 2.44. The van der Waals surface area contributed by atoms with E-state index in [4.69, 9.17) is 10.5 Å². The van der Waals surface area contributed by atoms with Crippen LogP contribution in [0.25, 0.3) is 0 Å². The quantitative estimate of drug-likeness (QED) is 0.547. The number of hydrogen-bond acceptors (Lipinski definition) is 5. The molecule has 0 radical (unpaired) electrons. The fraction of sp³-hybridized carbons (Fsp3) is 0.444. The van der Waals surface area contributed by atoms with Crippen LogP contribution in [0.4, 0.5) is 0 Å². The van der Waals surface area contributed by atoms with Crippen LogP contribution in [-0.4, -0.2) is 44.7 Å². The normalized spacial score (nSPS) is 17.9. The minimum Gasteiger partial charge on any atom is -0.465 e. The number of carbonyl (C=O) groups is 2. The predicted molar refractivity (Wildman–Crippen MR) is 89.5 cm³/mol. The molecule has 1 saturated carbocycles. The van der Waals surface area contributed by atoms with Gasteiger partial charge in [-0.15, -0.1) is 0 Å². The van der Waals surface area contributed by atoms with Gasteiger partial charge in [0.2, 0.25) is 0 Å². The average Bonchev–Trinajstić information content (AvgIpc) is 2.52. The second-order valence-corrected chi connectivity index (χ2v) is 6.44. The van der Waals surface area contributed by atoms with E-state index in [0.717, 1.165) is 25.9 Å². The summed E-state index contributed by atoms with van der Waals surface area (Å²) >= 11 is 0. The van der Waals surface area contributed by atoms with Crippen LogP contribution in [0.15, 0.2) is 18.2 Å². The third-order valence-electron chi connectivity index (χ3n) is 4.71. The minimum atomic E-state index is -0.485. The molecule has 24 heavy (non-hydrogen) atoms. The van der Waals surface area contributed by atoms with Gasteiger partial charge in [0.25, 0.3) is 5.91 Å². The van der Waals surface area contributed by atoms with Crippen LogP contribution in [0.3, 0.4) is 0 Å². The van der Waals surface area contributed by atoms with Gasteiger partial charge >= 0.3 is 5.97 Å². The largest absolute Gasteiger partial charge is 0.465 e. The van der Waals surface area contributed by atoms with E-state index in [1.54, 1.807) is 18.2 Å². The van der Waals surface area contributed by atoms with Crippen LogP contribution in [0.5, 0.6) is 0 Å². The van der Waals surface area contributed by atoms with Gasteiger partial charge in [-0.25, -0.2) is 4.79 Å². The van der Waals surface area contributed by atoms with Crippen LogP contribution in [-0.2, 0) is 4.74 Å². The Balaban J connectivity index is 1.72. The maximum absolute atomic E-state index is 12.4. The summed E-state index contributed by atoms with van der Waals surface area (Å²) in [5.74, 6) is 4.91. The number of nitrogens with two attached hydrogens (primary N) is 1. The molecule has 1 aliphatic heterocycles. The molecular formula is C18H21N3O3. The summed E-state index contributed by atoms with van der Waals surface area (Å²) < 4.78 is 4.75. The summed E-state index contributed by atoms with van der Waals surface area (Å²) in [6, 6.07) is 5.02. The summed E-state index contributed by atoms with van der Waals surface area (Å²) in [5, 5.41) is 6.32. The molecule has 1 aromatic carbocycles. The summed E-state index contributed by atoms with van der Waals surface area (Å²) in [7, 11) is 1.31. The Hall–Kier alpha value is -2.36. The number of rotatable bonds is 3. The van der Waals surface area contributed by atoms with Gasteiger partial charge in [0, 0.05) is 30.3 Å². The second kappa shape index (κ2) is 6.63. The molecule has 0 bridgehead atoms. The lowest BCUT2D eigenvalue weighted by atomic mass is 9.61. The minimum absolute atomic E-state index is 0.144. The summed E-state index contributed by atoms with van der Waals surface area (Å²) in [4.78, 5) is 24.2. The maximum atomic E-state index is 12.4. The van der Waals surface area contributed by atoms with Crippen molar-refractivity contribution >= 4 is 11.9 Å². The average molecular weight is 327 g/mol. The van der Waals surface area contributed by atoms with Crippen molar-refractivity contribution in [2.24, 2.45) is 11.1 Å². The number of amides is 1. The van der Waals surface area contributed by atoms with Gasteiger partial charge in [0.1, 0.15) is 0 Å². The van der Waals surface area contributed by atoms with Gasteiger partial charge in [0.05, 0.1) is 19.2 Å². The van der Waals surface area contributed by atoms with Gasteiger partial charge < -0.3 is 21.1 Å². The molecule has 2 fully saturated rings. The Bertz CT molecular complexity index is 721. The second-order valence-electron chi connectivity index (χ2n) is 6.44. The molecule has 1 aromatic rings. The fourth-order valence-corrected chi connectivity index (χ4v) is 3.35. The van der Waals surface area contributed by atoms with Gasteiger partial charge in [-0.05, 0) is 36.5 Å². The summed E-state index contributed by atoms with van der Waals surface area (Å²) in [5.41, 5.74) is 7.07. The Morgan fingerprint density at radius 2 is 2.17 bits per heavy atom. The third-order valence-corrected chi connectivity index (χ3v) is 4.71. The number of methoxy groups -OCH3 is 1. The number of ether oxygens (including phenoxy) is 1. The highest BCUT2D eigenvalue weighted by molar-refractivity contribution is 5.98. The maximum Gasteiger partial charge on any atom is 0.339 e. The standard InChI is InChI=1S/C18H21N3O3/c1-24-17(23)15-5-4-13(7-12(15)3-2-6-19)16(22)21-14-8-18(9-14)10-20-11-18/h4-5,7,14,20H,6,8-11,19H2,1H3,(H,21,22). The zero-order valence-electron chi connectivity index (χ0n) is 13.6. The molecule has 1 aliphatic carbocycles. The van der Waals surface area contributed by atoms with E-state index >= 15 is 0 Å². The van der Waals surface area contributed by atoms with E-state index in [-0.39, 0.29) is 18.5 Å². The Labute approximate surface area is 141 Å². The van der Waals surface area contributed by atoms with E-state index in [0.29, 0.717) is 22.1 Å². The molecule has 2 aliphatic rings. The predicted octanol–water partition coefficient (Wildman–Crippen LogP) is 0.265. The molecule has 4 N–H and O–H groups in total. The molecule has 1 spiro atoms. The van der Waals surface area contributed by atoms with E-state index in [1.165, 1.54) is 7.11 Å². The van der Waals surface area contributed by atoms with Gasteiger partial charge in [0.15, 0.2) is 0 Å². The first-order valence-electron chi connectivity index (χ1n) is 8.00. The smallest absolute Gasteiger partial charge is 0.339 e. The first kappa shape index (κ1) is 16.5. The molecule has 0 atom stereocenters. The Morgan fingerprint density at radius 1 is 1.42 bits per heavy atom. The topological polar surface area (TPSA) is 93.5 Å². The monoisotopic (exact) mass is 327 g/mol. The number of esters is 1. The van der Waals surface area contributed by atoms with Gasteiger partial charge in [-0.3, -0.25) is 4.79 Å². The molecule has 0 unspecified atom stereocenters. The Kier molecular flexibility index (Phi) is 4.56. The zero-order chi connectivity index (χ0) is 17.2. The SMILES string of the molecule is COC(=O)c1ccc(C(=O)NC2CC3(CNC3)C2)cc1C#CCN. The molecule has 6 heteroatoms. The molecule has 1 saturated heterocycles. The number of hydrogen-bond donors (Lipinski definition) is 3. The van der Waals surface area contributed by atoms with Crippen molar-refractivity contribution in [1.29, 1.82) is 0 Å².